The zero-order valence-electron chi connectivity index (χ0n) is 36.3. The van der Waals surface area contributed by atoms with Crippen LogP contribution in [0.3, 0.4) is 0 Å². The van der Waals surface area contributed by atoms with Crippen molar-refractivity contribution in [3.8, 4) is 17.3 Å². The monoisotopic (exact) mass is 1050 g/mol. The van der Waals surface area contributed by atoms with Gasteiger partial charge in [-0.05, 0) is 85.8 Å². The van der Waals surface area contributed by atoms with Gasteiger partial charge in [0.2, 0.25) is 5.13 Å². The van der Waals surface area contributed by atoms with Gasteiger partial charge in [-0.2, -0.15) is 38.9 Å². The van der Waals surface area contributed by atoms with E-state index in [0.29, 0.717) is 22.0 Å². The molecule has 0 radical (unpaired) electrons. The summed E-state index contributed by atoms with van der Waals surface area (Å²) in [6, 6.07) is 26.1. The van der Waals surface area contributed by atoms with Crippen LogP contribution in [-0.2, 0) is 57.2 Å². The smallest absolute Gasteiger partial charge is 0.297 e. The van der Waals surface area contributed by atoms with Gasteiger partial charge in [-0.15, -0.1) is 20.5 Å². The number of benzene rings is 5. The number of nitrogens with one attached hydrogen (secondary N) is 2. The van der Waals surface area contributed by atoms with E-state index in [1.807, 2.05) is 0 Å². The number of nitriles is 1. The van der Waals surface area contributed by atoms with Crippen LogP contribution in [0.5, 0.6) is 0 Å². The molecule has 0 saturated carbocycles. The summed E-state index contributed by atoms with van der Waals surface area (Å²) in [6.07, 6.45) is 0. The highest BCUT2D eigenvalue weighted by Gasteiger charge is 2.25. The number of rotatable bonds is 17. The van der Waals surface area contributed by atoms with Crippen LogP contribution in [0.15, 0.2) is 143 Å². The number of fused-ring (bicyclic) bond motifs is 1. The lowest BCUT2D eigenvalue weighted by atomic mass is 10.1. The van der Waals surface area contributed by atoms with E-state index in [0.717, 1.165) is 45.8 Å². The summed E-state index contributed by atoms with van der Waals surface area (Å²) >= 11 is 7.10. The molecule has 0 aliphatic carbocycles. The molecule has 0 saturated heterocycles. The van der Waals surface area contributed by atoms with Crippen molar-refractivity contribution >= 4 is 119 Å². The van der Waals surface area contributed by atoms with Gasteiger partial charge in [0, 0.05) is 38.3 Å². The molecule has 0 spiro atoms. The second kappa shape index (κ2) is 20.1. The van der Waals surface area contributed by atoms with E-state index in [-0.39, 0.29) is 80.3 Å². The third-order valence-corrected chi connectivity index (χ3v) is 16.2. The summed E-state index contributed by atoms with van der Waals surface area (Å²) in [4.78, 5) is 8.35. The van der Waals surface area contributed by atoms with Crippen molar-refractivity contribution in [1.82, 2.24) is 9.97 Å². The number of hydrogen-bond donors (Lipinski definition) is 2. The number of nitrogens with zero attached hydrogens (tertiary/aromatic N) is 7. The first-order chi connectivity index (χ1) is 32.7. The lowest BCUT2D eigenvalue weighted by Gasteiger charge is -2.16. The fourth-order valence-corrected chi connectivity index (χ4v) is 10.3. The first-order valence-electron chi connectivity index (χ1n) is 19.3. The zero-order chi connectivity index (χ0) is 49.9. The Bertz CT molecular complexity index is 3700. The van der Waals surface area contributed by atoms with E-state index in [1.54, 1.807) is 31.2 Å². The average Bonchev–Trinajstić information content (AvgIpc) is 3.76. The molecule has 2 heterocycles. The largest absolute Gasteiger partial charge is 0.339 e. The van der Waals surface area contributed by atoms with Gasteiger partial charge in [0.1, 0.15) is 27.2 Å². The SMILES string of the molecule is COS(=O)(=O)c1ccc(Nc2nc(Nc3ccc(S(=O)(=O)OC)cc3)c(N=Nc3nc(-c4ccc(Cl)cc4)c(N=Nc4cc(S(=O)(=O)OC)c5cccc(S(=O)(=O)OC)c5c4)s3)c(C)c2C#N)cc1. The maximum atomic E-state index is 13.1. The normalized spacial score (nSPS) is 12.5. The van der Waals surface area contributed by atoms with Crippen molar-refractivity contribution in [1.29, 1.82) is 5.26 Å². The Morgan fingerprint density at radius 2 is 1.16 bits per heavy atom. The van der Waals surface area contributed by atoms with Crippen LogP contribution < -0.4 is 10.6 Å². The maximum Gasteiger partial charge on any atom is 0.297 e. The number of hydrogen-bond acceptors (Lipinski definition) is 22. The van der Waals surface area contributed by atoms with Crippen molar-refractivity contribution in [2.75, 3.05) is 39.1 Å². The van der Waals surface area contributed by atoms with Gasteiger partial charge in [0.15, 0.2) is 16.6 Å². The molecule has 5 aromatic carbocycles. The minimum atomic E-state index is -4.43. The Kier molecular flexibility index (Phi) is 14.7. The topological polar surface area (TPSA) is 297 Å². The van der Waals surface area contributed by atoms with Crippen molar-refractivity contribution < 1.29 is 50.4 Å². The zero-order valence-corrected chi connectivity index (χ0v) is 41.1. The molecular weight excluding hydrogens is 1020 g/mol. The Morgan fingerprint density at radius 3 is 1.71 bits per heavy atom. The molecule has 7 rings (SSSR count). The van der Waals surface area contributed by atoms with E-state index in [4.69, 9.17) is 20.0 Å². The molecule has 0 fully saturated rings. The van der Waals surface area contributed by atoms with Crippen LogP contribution in [0.1, 0.15) is 11.1 Å². The molecule has 7 aromatic rings. The first kappa shape index (κ1) is 50.2. The van der Waals surface area contributed by atoms with Gasteiger partial charge in [-0.1, -0.05) is 47.2 Å². The summed E-state index contributed by atoms with van der Waals surface area (Å²) in [5.74, 6) is 0.0579. The molecule has 0 aliphatic heterocycles. The van der Waals surface area contributed by atoms with Crippen LogP contribution in [0.4, 0.5) is 44.5 Å². The predicted octanol–water partition coefficient (Wildman–Crippen LogP) is 9.85. The maximum absolute atomic E-state index is 13.1. The third-order valence-electron chi connectivity index (χ3n) is 9.86. The van der Waals surface area contributed by atoms with Gasteiger partial charge in [-0.25, -0.2) is 9.97 Å². The highest BCUT2D eigenvalue weighted by atomic mass is 35.5. The lowest BCUT2D eigenvalue weighted by molar-refractivity contribution is 0.396. The minimum absolute atomic E-state index is 0.00909. The molecule has 0 amide bonds. The molecule has 27 heteroatoms. The Morgan fingerprint density at radius 1 is 0.609 bits per heavy atom. The number of pyridine rings is 1. The summed E-state index contributed by atoms with van der Waals surface area (Å²) in [6.45, 7) is 1.58. The van der Waals surface area contributed by atoms with Gasteiger partial charge in [0.05, 0.1) is 49.5 Å². The summed E-state index contributed by atoms with van der Waals surface area (Å²) in [5.41, 5.74) is 1.67. The third kappa shape index (κ3) is 10.8. The van der Waals surface area contributed by atoms with Crippen LogP contribution in [0.2, 0.25) is 5.02 Å². The quantitative estimate of drug-likeness (QED) is 0.0633. The molecule has 0 atom stereocenters. The molecule has 0 aliphatic rings. The highest BCUT2D eigenvalue weighted by molar-refractivity contribution is 7.87. The van der Waals surface area contributed by atoms with E-state index >= 15 is 0 Å². The molecule has 0 bridgehead atoms. The molecule has 21 nitrogen and oxygen atoms in total. The van der Waals surface area contributed by atoms with Crippen molar-refractivity contribution in [3.63, 3.8) is 0 Å². The lowest BCUT2D eigenvalue weighted by Crippen LogP contribution is -2.06. The highest BCUT2D eigenvalue weighted by Crippen LogP contribution is 2.44. The van der Waals surface area contributed by atoms with Crippen molar-refractivity contribution in [3.05, 3.63) is 119 Å². The van der Waals surface area contributed by atoms with Crippen LogP contribution in [-0.4, -0.2) is 72.1 Å². The summed E-state index contributed by atoms with van der Waals surface area (Å²) in [7, 11) is -12.8. The average molecular weight is 1050 g/mol. The Balaban J connectivity index is 1.35. The summed E-state index contributed by atoms with van der Waals surface area (Å²) in [5, 5.41) is 34.7. The van der Waals surface area contributed by atoms with E-state index in [1.165, 1.54) is 72.8 Å². The molecule has 0 unspecified atom stereocenters. The molecule has 69 heavy (non-hydrogen) atoms. The Labute approximate surface area is 404 Å². The first-order valence-corrected chi connectivity index (χ1v) is 26.1. The van der Waals surface area contributed by atoms with Gasteiger partial charge >= 0.3 is 0 Å². The van der Waals surface area contributed by atoms with Crippen LogP contribution in [0.25, 0.3) is 22.0 Å². The van der Waals surface area contributed by atoms with Gasteiger partial charge < -0.3 is 10.6 Å². The van der Waals surface area contributed by atoms with Crippen molar-refractivity contribution in [2.45, 2.75) is 26.5 Å². The predicted molar refractivity (Wildman–Crippen MR) is 255 cm³/mol. The molecular formula is C42H34ClN9O12S5. The van der Waals surface area contributed by atoms with E-state index < -0.39 is 40.5 Å². The fourth-order valence-electron chi connectivity index (χ4n) is 6.38. The Hall–Kier alpha value is -6.64. The number of thiazole rings is 1. The van der Waals surface area contributed by atoms with E-state index in [9.17, 15) is 38.9 Å². The van der Waals surface area contributed by atoms with Crippen LogP contribution in [0, 0.1) is 18.3 Å². The fraction of sp³-hybridized carbons (Fsp3) is 0.119. The van der Waals surface area contributed by atoms with E-state index in [2.05, 4.69) is 55.5 Å². The molecule has 2 aromatic heterocycles. The molecule has 2 N–H and O–H groups in total. The molecule has 356 valence electrons. The van der Waals surface area contributed by atoms with Crippen LogP contribution >= 0.6 is 22.9 Å². The number of aromatic nitrogens is 2. The summed E-state index contributed by atoms with van der Waals surface area (Å²) < 4.78 is 120. The standard InChI is InChI=1S/C42H34ClN9O12S5/c1-24-34(23-44)39(45-27-13-17-30(18-14-27)66(53,54)61-2)48-40(46-28-15-19-31(20-16-28)67(55,56)62-3)37(24)50-52-42-47-38(25-9-11-26(43)12-10-25)41(65-42)51-49-29-21-33-32(36(22-29)69(59,60)64-5)7-6-8-35(33)68(57,58)63-4/h6-22H,1-5H3,(H2,45,46,48). The number of halogens is 1. The van der Waals surface area contributed by atoms with Gasteiger partial charge in [0.25, 0.3) is 40.5 Å². The number of anilines is 4. The second-order valence-electron chi connectivity index (χ2n) is 13.9. The van der Waals surface area contributed by atoms with Gasteiger partial charge in [-0.3, -0.25) is 16.7 Å². The number of azo groups is 2. The minimum Gasteiger partial charge on any atom is -0.339 e. The van der Waals surface area contributed by atoms with Crippen molar-refractivity contribution in [2.24, 2.45) is 20.5 Å². The second-order valence-corrected chi connectivity index (χ2v) is 22.1.